The van der Waals surface area contributed by atoms with E-state index < -0.39 is 0 Å². The van der Waals surface area contributed by atoms with Crippen LogP contribution in [0, 0.1) is 11.7 Å². The minimum atomic E-state index is -0.182. The van der Waals surface area contributed by atoms with E-state index in [1.807, 2.05) is 6.07 Å². The largest absolute Gasteiger partial charge is 0.381 e. The zero-order valence-corrected chi connectivity index (χ0v) is 11.6. The topological polar surface area (TPSA) is 35.2 Å². The van der Waals surface area contributed by atoms with E-state index in [9.17, 15) is 4.39 Å². The molecule has 0 saturated carbocycles. The van der Waals surface area contributed by atoms with E-state index in [0.717, 1.165) is 47.4 Å². The van der Waals surface area contributed by atoms with Gasteiger partial charge in [0.15, 0.2) is 0 Å². The Hall–Kier alpha value is -0.970. The van der Waals surface area contributed by atoms with Crippen LogP contribution in [0.2, 0.25) is 0 Å². The molecule has 2 nitrogen and oxygen atoms in total. The van der Waals surface area contributed by atoms with E-state index in [4.69, 9.17) is 10.5 Å². The molecule has 0 bridgehead atoms. The van der Waals surface area contributed by atoms with Crippen LogP contribution in [0.5, 0.6) is 0 Å². The molecule has 2 N–H and O–H groups in total. The predicted octanol–water partition coefficient (Wildman–Crippen LogP) is 3.86. The Kier molecular flexibility index (Phi) is 3.82. The predicted molar refractivity (Wildman–Crippen MR) is 76.9 cm³/mol. The van der Waals surface area contributed by atoms with Crippen LogP contribution >= 0.6 is 11.3 Å². The molecule has 3 rings (SSSR count). The SMILES string of the molecule is NC(CC1CCOCC1)c1cc2ccc(F)cc2s1. The van der Waals surface area contributed by atoms with Crippen molar-refractivity contribution in [3.8, 4) is 0 Å². The molecular weight excluding hydrogens is 261 g/mol. The average molecular weight is 279 g/mol. The van der Waals surface area contributed by atoms with Crippen LogP contribution in [0.25, 0.3) is 10.1 Å². The lowest BCUT2D eigenvalue weighted by Gasteiger charge is -2.24. The van der Waals surface area contributed by atoms with Crippen molar-refractivity contribution in [2.45, 2.75) is 25.3 Å². The van der Waals surface area contributed by atoms with Crippen molar-refractivity contribution in [2.75, 3.05) is 13.2 Å². The monoisotopic (exact) mass is 279 g/mol. The standard InChI is InChI=1S/C15H18FNOS/c16-12-2-1-11-8-15(19-14(11)9-12)13(17)7-10-3-5-18-6-4-10/h1-2,8-10,13H,3-7,17H2. The van der Waals surface area contributed by atoms with E-state index in [-0.39, 0.29) is 11.9 Å². The Labute approximate surface area is 116 Å². The van der Waals surface area contributed by atoms with Crippen LogP contribution in [0.15, 0.2) is 24.3 Å². The van der Waals surface area contributed by atoms with Crippen LogP contribution in [-0.2, 0) is 4.74 Å². The zero-order valence-electron chi connectivity index (χ0n) is 10.8. The number of benzene rings is 1. The molecule has 0 radical (unpaired) electrons. The van der Waals surface area contributed by atoms with Crippen LogP contribution in [0.4, 0.5) is 4.39 Å². The number of fused-ring (bicyclic) bond motifs is 1. The van der Waals surface area contributed by atoms with Gasteiger partial charge in [-0.2, -0.15) is 0 Å². The molecule has 1 aromatic heterocycles. The molecule has 1 aromatic carbocycles. The van der Waals surface area contributed by atoms with E-state index >= 15 is 0 Å². The summed E-state index contributed by atoms with van der Waals surface area (Å²) < 4.78 is 19.5. The van der Waals surface area contributed by atoms with Crippen LogP contribution < -0.4 is 5.73 Å². The molecule has 0 spiro atoms. The maximum atomic E-state index is 13.2. The molecule has 1 atom stereocenters. The molecule has 0 amide bonds. The van der Waals surface area contributed by atoms with Gasteiger partial charge < -0.3 is 10.5 Å². The molecule has 1 saturated heterocycles. The molecule has 102 valence electrons. The minimum absolute atomic E-state index is 0.0589. The zero-order chi connectivity index (χ0) is 13.2. The lowest BCUT2D eigenvalue weighted by atomic mass is 9.92. The lowest BCUT2D eigenvalue weighted by molar-refractivity contribution is 0.0619. The molecule has 2 heterocycles. The van der Waals surface area contributed by atoms with E-state index in [0.29, 0.717) is 5.92 Å². The van der Waals surface area contributed by atoms with E-state index in [1.54, 1.807) is 17.4 Å². The fourth-order valence-electron chi connectivity index (χ4n) is 2.67. The smallest absolute Gasteiger partial charge is 0.124 e. The second-order valence-electron chi connectivity index (χ2n) is 5.23. The summed E-state index contributed by atoms with van der Waals surface area (Å²) >= 11 is 1.61. The number of ether oxygens (including phenoxy) is 1. The molecule has 2 aromatic rings. The van der Waals surface area contributed by atoms with Crippen molar-refractivity contribution in [1.82, 2.24) is 0 Å². The molecule has 1 aliphatic rings. The van der Waals surface area contributed by atoms with Crippen molar-refractivity contribution in [3.05, 3.63) is 35.0 Å². The van der Waals surface area contributed by atoms with Gasteiger partial charge in [0.05, 0.1) is 0 Å². The van der Waals surface area contributed by atoms with Gasteiger partial charge in [-0.1, -0.05) is 6.07 Å². The number of rotatable bonds is 3. The summed E-state index contributed by atoms with van der Waals surface area (Å²) in [6.07, 6.45) is 3.21. The Morgan fingerprint density at radius 2 is 2.11 bits per heavy atom. The summed E-state index contributed by atoms with van der Waals surface area (Å²) in [7, 11) is 0. The minimum Gasteiger partial charge on any atom is -0.381 e. The summed E-state index contributed by atoms with van der Waals surface area (Å²) in [5, 5.41) is 1.09. The van der Waals surface area contributed by atoms with Gasteiger partial charge in [0.25, 0.3) is 0 Å². The molecule has 0 aliphatic carbocycles. The van der Waals surface area contributed by atoms with Crippen molar-refractivity contribution in [1.29, 1.82) is 0 Å². The van der Waals surface area contributed by atoms with Crippen LogP contribution in [0.1, 0.15) is 30.2 Å². The van der Waals surface area contributed by atoms with Crippen LogP contribution in [0.3, 0.4) is 0 Å². The van der Waals surface area contributed by atoms with Crippen molar-refractivity contribution >= 4 is 21.4 Å². The first-order valence-corrected chi connectivity index (χ1v) is 7.56. The summed E-state index contributed by atoms with van der Waals surface area (Å²) in [4.78, 5) is 1.16. The molecule has 1 aliphatic heterocycles. The van der Waals surface area contributed by atoms with Gasteiger partial charge in [-0.3, -0.25) is 0 Å². The Balaban J connectivity index is 1.75. The molecule has 1 unspecified atom stereocenters. The van der Waals surface area contributed by atoms with Gasteiger partial charge in [-0.25, -0.2) is 4.39 Å². The van der Waals surface area contributed by atoms with Crippen LogP contribution in [-0.4, -0.2) is 13.2 Å². The third-order valence-corrected chi connectivity index (χ3v) is 5.02. The normalized spacial score (nSPS) is 18.8. The van der Waals surface area contributed by atoms with Crippen molar-refractivity contribution in [2.24, 2.45) is 11.7 Å². The maximum absolute atomic E-state index is 13.2. The van der Waals surface area contributed by atoms with Gasteiger partial charge in [-0.15, -0.1) is 11.3 Å². The molecule has 19 heavy (non-hydrogen) atoms. The lowest BCUT2D eigenvalue weighted by Crippen LogP contribution is -2.21. The summed E-state index contributed by atoms with van der Waals surface area (Å²) in [5.74, 6) is 0.476. The van der Waals surface area contributed by atoms with Gasteiger partial charge in [0.1, 0.15) is 5.82 Å². The highest BCUT2D eigenvalue weighted by Gasteiger charge is 2.19. The fourth-order valence-corrected chi connectivity index (χ4v) is 3.77. The van der Waals surface area contributed by atoms with Crippen molar-refractivity contribution < 1.29 is 9.13 Å². The van der Waals surface area contributed by atoms with Gasteiger partial charge in [0, 0.05) is 28.8 Å². The highest BCUT2D eigenvalue weighted by Crippen LogP contribution is 2.33. The number of thiophene rings is 1. The Morgan fingerprint density at radius 1 is 1.32 bits per heavy atom. The van der Waals surface area contributed by atoms with E-state index in [2.05, 4.69) is 6.07 Å². The highest BCUT2D eigenvalue weighted by molar-refractivity contribution is 7.19. The number of nitrogens with two attached hydrogens (primary N) is 1. The van der Waals surface area contributed by atoms with E-state index in [1.165, 1.54) is 6.07 Å². The Morgan fingerprint density at radius 3 is 2.89 bits per heavy atom. The number of hydrogen-bond donors (Lipinski definition) is 1. The molecule has 4 heteroatoms. The number of halogens is 1. The van der Waals surface area contributed by atoms with Gasteiger partial charge in [-0.05, 0) is 48.8 Å². The van der Waals surface area contributed by atoms with Gasteiger partial charge >= 0.3 is 0 Å². The number of hydrogen-bond acceptors (Lipinski definition) is 3. The summed E-state index contributed by atoms with van der Waals surface area (Å²) in [6.45, 7) is 1.71. The summed E-state index contributed by atoms with van der Waals surface area (Å²) in [6, 6.07) is 7.08. The molecular formula is C15H18FNOS. The average Bonchev–Trinajstić information content (AvgIpc) is 2.83. The van der Waals surface area contributed by atoms with Gasteiger partial charge in [0.2, 0.25) is 0 Å². The second-order valence-corrected chi connectivity index (χ2v) is 6.34. The summed E-state index contributed by atoms with van der Waals surface area (Å²) in [5.41, 5.74) is 6.30. The third-order valence-electron chi connectivity index (χ3n) is 3.79. The second kappa shape index (κ2) is 5.57. The first kappa shape index (κ1) is 13.0. The fraction of sp³-hybridized carbons (Fsp3) is 0.467. The first-order valence-electron chi connectivity index (χ1n) is 6.74. The molecule has 1 fully saturated rings. The maximum Gasteiger partial charge on any atom is 0.124 e. The quantitative estimate of drug-likeness (QED) is 0.926. The first-order chi connectivity index (χ1) is 9.22. The Bertz CT molecular complexity index is 562. The van der Waals surface area contributed by atoms with Crippen molar-refractivity contribution in [3.63, 3.8) is 0 Å². The third kappa shape index (κ3) is 2.96. The highest BCUT2D eigenvalue weighted by atomic mass is 32.1.